The van der Waals surface area contributed by atoms with Crippen LogP contribution in [0.5, 0.6) is 0 Å². The van der Waals surface area contributed by atoms with Gasteiger partial charge in [0.25, 0.3) is 15.4 Å². The SMILES string of the molecule is O=C(Nc1nc(C(Cl)(Cl)Cl)ns1)c1cccc([N+](=O)[O-])c1. The normalized spacial score (nSPS) is 11.2. The Morgan fingerprint density at radius 1 is 1.38 bits per heavy atom. The van der Waals surface area contributed by atoms with Crippen molar-refractivity contribution in [1.29, 1.82) is 0 Å². The number of hydrogen-bond acceptors (Lipinski definition) is 6. The lowest BCUT2D eigenvalue weighted by atomic mass is 10.2. The molecule has 0 fully saturated rings. The Morgan fingerprint density at radius 3 is 2.67 bits per heavy atom. The summed E-state index contributed by atoms with van der Waals surface area (Å²) in [5, 5.41) is 13.2. The van der Waals surface area contributed by atoms with E-state index < -0.39 is 14.6 Å². The van der Waals surface area contributed by atoms with Crippen molar-refractivity contribution in [2.45, 2.75) is 3.79 Å². The van der Waals surface area contributed by atoms with E-state index in [9.17, 15) is 14.9 Å². The zero-order chi connectivity index (χ0) is 15.6. The first-order chi connectivity index (χ1) is 9.77. The summed E-state index contributed by atoms with van der Waals surface area (Å²) < 4.78 is 2.01. The average Bonchev–Trinajstić information content (AvgIpc) is 2.87. The first kappa shape index (κ1) is 15.9. The Hall–Kier alpha value is -1.48. The highest BCUT2D eigenvalue weighted by molar-refractivity contribution is 7.10. The van der Waals surface area contributed by atoms with Gasteiger partial charge in [0.05, 0.1) is 4.92 Å². The van der Waals surface area contributed by atoms with Crippen LogP contribution in [0.25, 0.3) is 0 Å². The quantitative estimate of drug-likeness (QED) is 0.508. The van der Waals surface area contributed by atoms with Crippen molar-refractivity contribution >= 4 is 63.1 Å². The second kappa shape index (κ2) is 6.10. The third-order valence-electron chi connectivity index (χ3n) is 2.22. The fraction of sp³-hybridized carbons (Fsp3) is 0.100. The van der Waals surface area contributed by atoms with Crippen molar-refractivity contribution in [1.82, 2.24) is 9.36 Å². The number of halogens is 3. The lowest BCUT2D eigenvalue weighted by Gasteiger charge is -2.03. The molecular formula is C10H5Cl3N4O3S. The smallest absolute Gasteiger partial charge is 0.270 e. The highest BCUT2D eigenvalue weighted by Crippen LogP contribution is 2.37. The van der Waals surface area contributed by atoms with Gasteiger partial charge in [-0.3, -0.25) is 20.2 Å². The van der Waals surface area contributed by atoms with E-state index in [4.69, 9.17) is 34.8 Å². The third kappa shape index (κ3) is 4.01. The van der Waals surface area contributed by atoms with Gasteiger partial charge >= 0.3 is 0 Å². The summed E-state index contributed by atoms with van der Waals surface area (Å²) in [5.74, 6) is -0.641. The molecular weight excluding hydrogens is 363 g/mol. The van der Waals surface area contributed by atoms with Gasteiger partial charge in [-0.1, -0.05) is 40.9 Å². The van der Waals surface area contributed by atoms with E-state index in [-0.39, 0.29) is 22.2 Å². The first-order valence-electron chi connectivity index (χ1n) is 5.24. The predicted molar refractivity (Wildman–Crippen MR) is 80.2 cm³/mol. The Labute approximate surface area is 137 Å². The monoisotopic (exact) mass is 366 g/mol. The molecule has 110 valence electrons. The minimum absolute atomic E-state index is 0.0631. The van der Waals surface area contributed by atoms with Crippen molar-refractivity contribution in [3.05, 3.63) is 45.8 Å². The van der Waals surface area contributed by atoms with Crippen LogP contribution in [0.4, 0.5) is 10.8 Å². The number of non-ortho nitro benzene ring substituents is 1. The van der Waals surface area contributed by atoms with Crippen LogP contribution in [0.1, 0.15) is 16.2 Å². The average molecular weight is 368 g/mol. The molecule has 1 aromatic carbocycles. The number of benzene rings is 1. The molecule has 1 amide bonds. The van der Waals surface area contributed by atoms with Gasteiger partial charge in [-0.25, -0.2) is 0 Å². The van der Waals surface area contributed by atoms with Crippen molar-refractivity contribution < 1.29 is 9.72 Å². The Bertz CT molecular complexity index is 701. The van der Waals surface area contributed by atoms with Gasteiger partial charge in [0.1, 0.15) is 0 Å². The minimum atomic E-state index is -1.79. The fourth-order valence-electron chi connectivity index (χ4n) is 1.32. The molecule has 0 atom stereocenters. The molecule has 2 rings (SSSR count). The van der Waals surface area contributed by atoms with Gasteiger partial charge < -0.3 is 0 Å². The topological polar surface area (TPSA) is 98.0 Å². The van der Waals surface area contributed by atoms with Crippen LogP contribution in [0.2, 0.25) is 0 Å². The number of amides is 1. The van der Waals surface area contributed by atoms with Gasteiger partial charge in [-0.05, 0) is 6.07 Å². The zero-order valence-electron chi connectivity index (χ0n) is 9.92. The molecule has 1 N–H and O–H groups in total. The predicted octanol–water partition coefficient (Wildman–Crippen LogP) is 3.53. The Morgan fingerprint density at radius 2 is 2.10 bits per heavy atom. The third-order valence-corrected chi connectivity index (χ3v) is 3.36. The Balaban J connectivity index is 2.16. The second-order valence-corrected chi connectivity index (χ2v) is 6.72. The summed E-state index contributed by atoms with van der Waals surface area (Å²) in [6, 6.07) is 5.26. The number of carbonyl (C=O) groups excluding carboxylic acids is 1. The molecule has 0 aliphatic carbocycles. The molecule has 0 aliphatic rings. The molecule has 0 radical (unpaired) electrons. The highest BCUT2D eigenvalue weighted by atomic mass is 35.6. The van der Waals surface area contributed by atoms with E-state index >= 15 is 0 Å². The van der Waals surface area contributed by atoms with Crippen LogP contribution in [-0.4, -0.2) is 20.2 Å². The lowest BCUT2D eigenvalue weighted by molar-refractivity contribution is -0.384. The maximum Gasteiger partial charge on any atom is 0.270 e. The van der Waals surface area contributed by atoms with Crippen LogP contribution in [0.15, 0.2) is 24.3 Å². The van der Waals surface area contributed by atoms with Crippen molar-refractivity contribution in [2.24, 2.45) is 0 Å². The van der Waals surface area contributed by atoms with Crippen LogP contribution >= 0.6 is 46.3 Å². The molecule has 0 aliphatic heterocycles. The van der Waals surface area contributed by atoms with Gasteiger partial charge in [0.15, 0.2) is 5.82 Å². The Kier molecular flexibility index (Phi) is 4.62. The van der Waals surface area contributed by atoms with E-state index in [1.54, 1.807) is 0 Å². The summed E-state index contributed by atoms with van der Waals surface area (Å²) in [6.45, 7) is 0. The summed E-state index contributed by atoms with van der Waals surface area (Å²) >= 11 is 17.6. The molecule has 0 bridgehead atoms. The molecule has 2 aromatic rings. The number of nitrogens with one attached hydrogen (secondary N) is 1. The van der Waals surface area contributed by atoms with Gasteiger partial charge in [-0.2, -0.15) is 9.36 Å². The second-order valence-electron chi connectivity index (χ2n) is 3.68. The van der Waals surface area contributed by atoms with Crippen LogP contribution < -0.4 is 5.32 Å². The number of nitro benzene ring substituents is 1. The van der Waals surface area contributed by atoms with E-state index in [0.29, 0.717) is 0 Å². The molecule has 7 nitrogen and oxygen atoms in total. The maximum absolute atomic E-state index is 12.0. The summed E-state index contributed by atoms with van der Waals surface area (Å²) in [4.78, 5) is 25.9. The van der Waals surface area contributed by atoms with Gasteiger partial charge in [-0.15, -0.1) is 0 Å². The fourth-order valence-corrected chi connectivity index (χ4v) is 2.34. The van der Waals surface area contributed by atoms with Crippen LogP contribution in [0, 0.1) is 10.1 Å². The van der Waals surface area contributed by atoms with E-state index in [0.717, 1.165) is 17.6 Å². The maximum atomic E-state index is 12.0. The number of hydrogen-bond donors (Lipinski definition) is 1. The molecule has 21 heavy (non-hydrogen) atoms. The van der Waals surface area contributed by atoms with Crippen LogP contribution in [-0.2, 0) is 3.79 Å². The summed E-state index contributed by atoms with van der Waals surface area (Å²) in [5.41, 5.74) is -0.0864. The van der Waals surface area contributed by atoms with E-state index in [1.165, 1.54) is 18.2 Å². The van der Waals surface area contributed by atoms with Crippen LogP contribution in [0.3, 0.4) is 0 Å². The number of aromatic nitrogens is 2. The zero-order valence-corrected chi connectivity index (χ0v) is 13.0. The molecule has 0 unspecified atom stereocenters. The number of nitrogens with zero attached hydrogens (tertiary/aromatic N) is 3. The first-order valence-corrected chi connectivity index (χ1v) is 7.15. The van der Waals surface area contributed by atoms with Crippen molar-refractivity contribution in [3.63, 3.8) is 0 Å². The molecule has 1 aromatic heterocycles. The molecule has 1 heterocycles. The highest BCUT2D eigenvalue weighted by Gasteiger charge is 2.28. The molecule has 0 saturated carbocycles. The summed E-state index contributed by atoms with van der Waals surface area (Å²) in [7, 11) is 0. The lowest BCUT2D eigenvalue weighted by Crippen LogP contribution is -2.12. The largest absolute Gasteiger partial charge is 0.297 e. The molecule has 0 saturated heterocycles. The standard InChI is InChI=1S/C10H5Cl3N4O3S/c11-10(12,13)8-15-9(21-16-8)14-7(18)5-2-1-3-6(4-5)17(19)20/h1-4H,(H,14,15,16,18). The number of rotatable bonds is 3. The minimum Gasteiger partial charge on any atom is -0.297 e. The van der Waals surface area contributed by atoms with Crippen molar-refractivity contribution in [3.8, 4) is 0 Å². The molecule has 0 spiro atoms. The van der Waals surface area contributed by atoms with Gasteiger partial charge in [0, 0.05) is 29.2 Å². The number of carbonyl (C=O) groups is 1. The summed E-state index contributed by atoms with van der Waals surface area (Å²) in [6.07, 6.45) is 0. The van der Waals surface area contributed by atoms with E-state index in [1.807, 2.05) is 0 Å². The number of alkyl halides is 3. The number of nitro groups is 1. The number of anilines is 1. The molecule has 11 heteroatoms. The van der Waals surface area contributed by atoms with Crippen molar-refractivity contribution in [2.75, 3.05) is 5.32 Å². The van der Waals surface area contributed by atoms with E-state index in [2.05, 4.69) is 14.7 Å². The van der Waals surface area contributed by atoms with Gasteiger partial charge in [0.2, 0.25) is 5.13 Å².